The fourth-order valence-corrected chi connectivity index (χ4v) is 0.986. The van der Waals surface area contributed by atoms with E-state index >= 15 is 0 Å². The fraction of sp³-hybridized carbons (Fsp3) is 0.556. The van der Waals surface area contributed by atoms with E-state index in [2.05, 4.69) is 23.8 Å². The Bertz CT molecular complexity index is 315. The third-order valence-corrected chi connectivity index (χ3v) is 1.63. The van der Waals surface area contributed by atoms with Gasteiger partial charge in [0.25, 0.3) is 5.56 Å². The summed E-state index contributed by atoms with van der Waals surface area (Å²) in [6.07, 6.45) is 2.45. The van der Waals surface area contributed by atoms with Crippen molar-refractivity contribution >= 4 is 0 Å². The molecule has 0 fully saturated rings. The van der Waals surface area contributed by atoms with Crippen LogP contribution in [0, 0.1) is 12.8 Å². The molecule has 0 amide bonds. The number of nitrogens with one attached hydrogen (secondary N) is 1. The molecule has 1 aromatic rings. The zero-order valence-electron chi connectivity index (χ0n) is 7.72. The molecule has 0 bridgehead atoms. The Morgan fingerprint density at radius 3 is 2.75 bits per heavy atom. The summed E-state index contributed by atoms with van der Waals surface area (Å²) < 4.78 is 0. The monoisotopic (exact) mass is 166 g/mol. The first-order valence-electron chi connectivity index (χ1n) is 4.14. The van der Waals surface area contributed by atoms with Gasteiger partial charge in [0.15, 0.2) is 0 Å². The zero-order chi connectivity index (χ0) is 9.14. The van der Waals surface area contributed by atoms with Crippen LogP contribution in [0.3, 0.4) is 0 Å². The molecular formula is C9H14N2O. The lowest BCUT2D eigenvalue weighted by Gasteiger charge is -2.02. The number of aryl methyl sites for hydroxylation is 1. The molecule has 66 valence electrons. The van der Waals surface area contributed by atoms with Crippen LogP contribution in [0.4, 0.5) is 0 Å². The summed E-state index contributed by atoms with van der Waals surface area (Å²) in [7, 11) is 0. The maximum atomic E-state index is 11.1. The summed E-state index contributed by atoms with van der Waals surface area (Å²) in [6.45, 7) is 5.95. The average molecular weight is 166 g/mol. The first-order valence-corrected chi connectivity index (χ1v) is 4.14. The van der Waals surface area contributed by atoms with E-state index in [4.69, 9.17) is 0 Å². The van der Waals surface area contributed by atoms with Crippen molar-refractivity contribution in [1.29, 1.82) is 0 Å². The SMILES string of the molecule is Cc1cnc(CC(C)C)[nH]c1=O. The summed E-state index contributed by atoms with van der Waals surface area (Å²) in [5.41, 5.74) is 0.642. The predicted octanol–water partition coefficient (Wildman–Crippen LogP) is 1.28. The molecule has 0 saturated heterocycles. The molecule has 0 aromatic carbocycles. The lowest BCUT2D eigenvalue weighted by molar-refractivity contribution is 0.618. The largest absolute Gasteiger partial charge is 0.310 e. The highest BCUT2D eigenvalue weighted by atomic mass is 16.1. The number of hydrogen-bond donors (Lipinski definition) is 1. The number of rotatable bonds is 2. The van der Waals surface area contributed by atoms with Crippen molar-refractivity contribution in [2.45, 2.75) is 27.2 Å². The van der Waals surface area contributed by atoms with Crippen LogP contribution in [0.15, 0.2) is 11.0 Å². The Morgan fingerprint density at radius 1 is 1.58 bits per heavy atom. The normalized spacial score (nSPS) is 10.7. The molecule has 1 heterocycles. The maximum Gasteiger partial charge on any atom is 0.253 e. The highest BCUT2D eigenvalue weighted by molar-refractivity contribution is 5.02. The lowest BCUT2D eigenvalue weighted by Crippen LogP contribution is -2.14. The molecule has 1 rings (SSSR count). The molecular weight excluding hydrogens is 152 g/mol. The van der Waals surface area contributed by atoms with Crippen LogP contribution in [0.1, 0.15) is 25.2 Å². The zero-order valence-corrected chi connectivity index (χ0v) is 7.72. The van der Waals surface area contributed by atoms with Gasteiger partial charge < -0.3 is 4.98 Å². The Labute approximate surface area is 71.9 Å². The van der Waals surface area contributed by atoms with E-state index < -0.39 is 0 Å². The second-order valence-electron chi connectivity index (χ2n) is 3.44. The van der Waals surface area contributed by atoms with Crippen molar-refractivity contribution in [1.82, 2.24) is 9.97 Å². The second-order valence-corrected chi connectivity index (χ2v) is 3.44. The fourth-order valence-electron chi connectivity index (χ4n) is 0.986. The van der Waals surface area contributed by atoms with Crippen LogP contribution in [-0.2, 0) is 6.42 Å². The van der Waals surface area contributed by atoms with Crippen LogP contribution < -0.4 is 5.56 Å². The minimum absolute atomic E-state index is 0.0272. The number of aromatic nitrogens is 2. The number of hydrogen-bond acceptors (Lipinski definition) is 2. The van der Waals surface area contributed by atoms with Crippen LogP contribution in [0.5, 0.6) is 0 Å². The number of H-pyrrole nitrogens is 1. The van der Waals surface area contributed by atoms with Crippen molar-refractivity contribution < 1.29 is 0 Å². The Kier molecular flexibility index (Phi) is 2.63. The third-order valence-electron chi connectivity index (χ3n) is 1.63. The van der Waals surface area contributed by atoms with Crippen molar-refractivity contribution in [3.8, 4) is 0 Å². The highest BCUT2D eigenvalue weighted by Crippen LogP contribution is 1.99. The van der Waals surface area contributed by atoms with E-state index in [1.165, 1.54) is 0 Å². The number of nitrogens with zero attached hydrogens (tertiary/aromatic N) is 1. The second kappa shape index (κ2) is 3.52. The van der Waals surface area contributed by atoms with Crippen LogP contribution in [0.2, 0.25) is 0 Å². The van der Waals surface area contributed by atoms with Gasteiger partial charge in [-0.2, -0.15) is 0 Å². The molecule has 3 nitrogen and oxygen atoms in total. The van der Waals surface area contributed by atoms with Crippen LogP contribution in [-0.4, -0.2) is 9.97 Å². The lowest BCUT2D eigenvalue weighted by atomic mass is 10.1. The molecule has 3 heteroatoms. The Morgan fingerprint density at radius 2 is 2.25 bits per heavy atom. The molecule has 0 spiro atoms. The van der Waals surface area contributed by atoms with Crippen molar-refractivity contribution in [2.75, 3.05) is 0 Å². The van der Waals surface area contributed by atoms with Crippen LogP contribution >= 0.6 is 0 Å². The standard InChI is InChI=1S/C9H14N2O/c1-6(2)4-8-10-5-7(3)9(12)11-8/h5-6H,4H2,1-3H3,(H,10,11,12). The summed E-state index contributed by atoms with van der Waals surface area (Å²) >= 11 is 0. The molecule has 0 unspecified atom stereocenters. The van der Waals surface area contributed by atoms with Crippen molar-refractivity contribution in [3.05, 3.63) is 27.9 Å². The van der Waals surface area contributed by atoms with Gasteiger partial charge in [-0.3, -0.25) is 4.79 Å². The first kappa shape index (κ1) is 8.97. The van der Waals surface area contributed by atoms with Gasteiger partial charge >= 0.3 is 0 Å². The minimum Gasteiger partial charge on any atom is -0.310 e. The molecule has 12 heavy (non-hydrogen) atoms. The topological polar surface area (TPSA) is 45.8 Å². The maximum absolute atomic E-state index is 11.1. The molecule has 0 aliphatic rings. The highest BCUT2D eigenvalue weighted by Gasteiger charge is 2.00. The molecule has 0 aliphatic heterocycles. The van der Waals surface area contributed by atoms with Gasteiger partial charge in [0.1, 0.15) is 5.82 Å². The van der Waals surface area contributed by atoms with Gasteiger partial charge in [0, 0.05) is 18.2 Å². The molecule has 0 atom stereocenters. The van der Waals surface area contributed by atoms with Gasteiger partial charge in [-0.15, -0.1) is 0 Å². The molecule has 0 aliphatic carbocycles. The number of aromatic amines is 1. The molecule has 0 saturated carbocycles. The first-order chi connectivity index (χ1) is 5.59. The minimum atomic E-state index is -0.0272. The summed E-state index contributed by atoms with van der Waals surface area (Å²) in [5.74, 6) is 1.30. The Hall–Kier alpha value is -1.12. The van der Waals surface area contributed by atoms with Crippen molar-refractivity contribution in [2.24, 2.45) is 5.92 Å². The van der Waals surface area contributed by atoms with E-state index in [1.54, 1.807) is 13.1 Å². The summed E-state index contributed by atoms with van der Waals surface area (Å²) in [4.78, 5) is 18.0. The molecule has 1 aromatic heterocycles. The van der Waals surface area contributed by atoms with E-state index in [0.29, 0.717) is 11.5 Å². The van der Waals surface area contributed by atoms with Crippen LogP contribution in [0.25, 0.3) is 0 Å². The quantitative estimate of drug-likeness (QED) is 0.719. The van der Waals surface area contributed by atoms with Crippen molar-refractivity contribution in [3.63, 3.8) is 0 Å². The van der Waals surface area contributed by atoms with Gasteiger partial charge in [0.2, 0.25) is 0 Å². The summed E-state index contributed by atoms with van der Waals surface area (Å²) in [6, 6.07) is 0. The van der Waals surface area contributed by atoms with E-state index in [-0.39, 0.29) is 5.56 Å². The predicted molar refractivity (Wildman–Crippen MR) is 48.1 cm³/mol. The molecule has 0 radical (unpaired) electrons. The third kappa shape index (κ3) is 2.19. The Balaban J connectivity index is 2.90. The summed E-state index contributed by atoms with van der Waals surface area (Å²) in [5, 5.41) is 0. The molecule has 1 N–H and O–H groups in total. The van der Waals surface area contributed by atoms with E-state index in [9.17, 15) is 4.79 Å². The smallest absolute Gasteiger partial charge is 0.253 e. The van der Waals surface area contributed by atoms with Gasteiger partial charge in [-0.1, -0.05) is 13.8 Å². The van der Waals surface area contributed by atoms with E-state index in [0.717, 1.165) is 12.2 Å². The van der Waals surface area contributed by atoms with Gasteiger partial charge in [0.05, 0.1) is 0 Å². The van der Waals surface area contributed by atoms with Gasteiger partial charge in [-0.25, -0.2) is 4.98 Å². The van der Waals surface area contributed by atoms with Gasteiger partial charge in [-0.05, 0) is 12.8 Å². The average Bonchev–Trinajstić information content (AvgIpc) is 1.96. The van der Waals surface area contributed by atoms with E-state index in [1.807, 2.05) is 0 Å².